The molecule has 0 amide bonds. The highest BCUT2D eigenvalue weighted by molar-refractivity contribution is 14.1. The van der Waals surface area contributed by atoms with Gasteiger partial charge in [0.1, 0.15) is 17.3 Å². The van der Waals surface area contributed by atoms with Crippen LogP contribution in [-0.2, 0) is 13.6 Å². The van der Waals surface area contributed by atoms with E-state index in [1.54, 1.807) is 35.8 Å². The van der Waals surface area contributed by atoms with Gasteiger partial charge in [0.2, 0.25) is 0 Å². The Balaban J connectivity index is 2.27. The lowest BCUT2D eigenvalue weighted by Gasteiger charge is -2.08. The SMILES string of the molecule is Cn1ncc(CNc2cc(F)c(I)cc2[N+](=O)[O-])c1N. The molecule has 9 heteroatoms. The number of aromatic nitrogens is 2. The largest absolute Gasteiger partial charge is 0.384 e. The molecule has 1 heterocycles. The van der Waals surface area contributed by atoms with Crippen molar-refractivity contribution in [3.8, 4) is 0 Å². The lowest BCUT2D eigenvalue weighted by atomic mass is 10.2. The second kappa shape index (κ2) is 5.61. The molecule has 0 saturated heterocycles. The van der Waals surface area contributed by atoms with Gasteiger partial charge in [0, 0.05) is 31.3 Å². The predicted octanol–water partition coefficient (Wildman–Crippen LogP) is 2.27. The Morgan fingerprint density at radius 3 is 2.85 bits per heavy atom. The van der Waals surface area contributed by atoms with Gasteiger partial charge in [-0.05, 0) is 22.6 Å². The third-order valence-corrected chi connectivity index (χ3v) is 3.60. The van der Waals surface area contributed by atoms with Crippen molar-refractivity contribution in [3.05, 3.63) is 43.4 Å². The number of nitro groups is 1. The number of benzene rings is 1. The van der Waals surface area contributed by atoms with Gasteiger partial charge in [-0.15, -0.1) is 0 Å². The Bertz CT molecular complexity index is 673. The number of nitrogens with two attached hydrogens (primary N) is 1. The molecule has 7 nitrogen and oxygen atoms in total. The number of nitrogens with zero attached hydrogens (tertiary/aromatic N) is 3. The normalized spacial score (nSPS) is 10.6. The van der Waals surface area contributed by atoms with Crippen LogP contribution in [0.15, 0.2) is 18.3 Å². The Morgan fingerprint density at radius 2 is 2.30 bits per heavy atom. The van der Waals surface area contributed by atoms with Crippen LogP contribution in [0.3, 0.4) is 0 Å². The quantitative estimate of drug-likeness (QED) is 0.473. The first kappa shape index (κ1) is 14.5. The molecule has 0 aliphatic rings. The molecule has 0 unspecified atom stereocenters. The van der Waals surface area contributed by atoms with E-state index in [0.717, 1.165) is 6.07 Å². The fourth-order valence-electron chi connectivity index (χ4n) is 1.65. The molecule has 1 aromatic carbocycles. The molecule has 106 valence electrons. The van der Waals surface area contributed by atoms with Gasteiger partial charge in [-0.25, -0.2) is 4.39 Å². The first-order valence-electron chi connectivity index (χ1n) is 5.53. The van der Waals surface area contributed by atoms with Gasteiger partial charge in [0.15, 0.2) is 0 Å². The highest BCUT2D eigenvalue weighted by Gasteiger charge is 2.17. The van der Waals surface area contributed by atoms with Crippen molar-refractivity contribution >= 4 is 39.8 Å². The minimum absolute atomic E-state index is 0.108. The number of hydrogen-bond donors (Lipinski definition) is 2. The molecule has 0 bridgehead atoms. The number of nitrogens with one attached hydrogen (secondary N) is 1. The highest BCUT2D eigenvalue weighted by Crippen LogP contribution is 2.29. The maximum absolute atomic E-state index is 13.5. The summed E-state index contributed by atoms with van der Waals surface area (Å²) in [6.45, 7) is 0.223. The van der Waals surface area contributed by atoms with Crippen molar-refractivity contribution in [1.82, 2.24) is 9.78 Å². The number of rotatable bonds is 4. The van der Waals surface area contributed by atoms with Crippen molar-refractivity contribution in [2.24, 2.45) is 7.05 Å². The molecule has 2 rings (SSSR count). The van der Waals surface area contributed by atoms with Crippen molar-refractivity contribution in [1.29, 1.82) is 0 Å². The molecular weight excluding hydrogens is 380 g/mol. The first-order chi connectivity index (χ1) is 9.40. The van der Waals surface area contributed by atoms with E-state index in [9.17, 15) is 14.5 Å². The van der Waals surface area contributed by atoms with Crippen LogP contribution in [0.25, 0.3) is 0 Å². The minimum Gasteiger partial charge on any atom is -0.384 e. The summed E-state index contributed by atoms with van der Waals surface area (Å²) in [6.07, 6.45) is 1.55. The molecule has 0 atom stereocenters. The summed E-state index contributed by atoms with van der Waals surface area (Å²) in [6, 6.07) is 2.29. The van der Waals surface area contributed by atoms with Crippen molar-refractivity contribution < 1.29 is 9.31 Å². The summed E-state index contributed by atoms with van der Waals surface area (Å²) in [5, 5.41) is 17.7. The van der Waals surface area contributed by atoms with Crippen LogP contribution in [0.4, 0.5) is 21.6 Å². The smallest absolute Gasteiger partial charge is 0.293 e. The van der Waals surface area contributed by atoms with Crippen LogP contribution in [0.1, 0.15) is 5.56 Å². The molecule has 0 aliphatic carbocycles. The molecule has 0 spiro atoms. The summed E-state index contributed by atoms with van der Waals surface area (Å²) in [5.41, 5.74) is 6.38. The van der Waals surface area contributed by atoms with Gasteiger partial charge in [-0.2, -0.15) is 5.10 Å². The second-order valence-electron chi connectivity index (χ2n) is 4.07. The van der Waals surface area contributed by atoms with Gasteiger partial charge in [0.05, 0.1) is 14.7 Å². The summed E-state index contributed by atoms with van der Waals surface area (Å²) in [7, 11) is 1.69. The van der Waals surface area contributed by atoms with Crippen LogP contribution in [0.2, 0.25) is 0 Å². The molecule has 1 aromatic heterocycles. The summed E-state index contributed by atoms with van der Waals surface area (Å²) < 4.78 is 15.2. The number of nitrogen functional groups attached to an aromatic ring is 1. The first-order valence-corrected chi connectivity index (χ1v) is 6.61. The van der Waals surface area contributed by atoms with E-state index in [0.29, 0.717) is 11.4 Å². The zero-order valence-corrected chi connectivity index (χ0v) is 12.6. The van der Waals surface area contributed by atoms with E-state index in [2.05, 4.69) is 10.4 Å². The maximum Gasteiger partial charge on any atom is 0.293 e. The third-order valence-electron chi connectivity index (χ3n) is 2.77. The maximum atomic E-state index is 13.5. The number of nitro benzene ring substituents is 1. The van der Waals surface area contributed by atoms with Crippen LogP contribution in [0.5, 0.6) is 0 Å². The van der Waals surface area contributed by atoms with E-state index < -0.39 is 10.7 Å². The van der Waals surface area contributed by atoms with Gasteiger partial charge >= 0.3 is 0 Å². The predicted molar refractivity (Wildman–Crippen MR) is 80.7 cm³/mol. The number of aryl methyl sites for hydroxylation is 1. The molecule has 0 aliphatic heterocycles. The van der Waals surface area contributed by atoms with Gasteiger partial charge in [-0.1, -0.05) is 0 Å². The average molecular weight is 391 g/mol. The summed E-state index contributed by atoms with van der Waals surface area (Å²) in [5.74, 6) is -0.0657. The molecule has 0 radical (unpaired) electrons. The lowest BCUT2D eigenvalue weighted by Crippen LogP contribution is -2.06. The molecule has 0 fully saturated rings. The van der Waals surface area contributed by atoms with Crippen LogP contribution in [0, 0.1) is 19.5 Å². The van der Waals surface area contributed by atoms with E-state index in [1.165, 1.54) is 10.7 Å². The fourth-order valence-corrected chi connectivity index (χ4v) is 2.10. The standard InChI is InChI=1S/C11H11FIN5O2/c1-17-11(14)6(5-16-17)4-15-9-2-7(12)8(13)3-10(9)18(19)20/h2-3,5,15H,4,14H2,1H3. The zero-order valence-electron chi connectivity index (χ0n) is 10.4. The minimum atomic E-state index is -0.559. The van der Waals surface area contributed by atoms with Gasteiger partial charge in [0.25, 0.3) is 5.69 Å². The Morgan fingerprint density at radius 1 is 1.60 bits per heavy atom. The average Bonchev–Trinajstić information content (AvgIpc) is 2.71. The molecule has 20 heavy (non-hydrogen) atoms. The van der Waals surface area contributed by atoms with Crippen LogP contribution < -0.4 is 11.1 Å². The number of halogens is 2. The van der Waals surface area contributed by atoms with Crippen molar-refractivity contribution in [2.45, 2.75) is 6.54 Å². The van der Waals surface area contributed by atoms with Gasteiger partial charge < -0.3 is 11.1 Å². The van der Waals surface area contributed by atoms with E-state index in [1.807, 2.05) is 0 Å². The van der Waals surface area contributed by atoms with Crippen molar-refractivity contribution in [2.75, 3.05) is 11.1 Å². The van der Waals surface area contributed by atoms with Crippen molar-refractivity contribution in [3.63, 3.8) is 0 Å². The number of hydrogen-bond acceptors (Lipinski definition) is 5. The van der Waals surface area contributed by atoms with Crippen LogP contribution in [-0.4, -0.2) is 14.7 Å². The Labute approximate surface area is 127 Å². The van der Waals surface area contributed by atoms with Gasteiger partial charge in [-0.3, -0.25) is 14.8 Å². The second-order valence-corrected chi connectivity index (χ2v) is 5.23. The molecule has 3 N–H and O–H groups in total. The Kier molecular flexibility index (Phi) is 4.06. The topological polar surface area (TPSA) is 99.0 Å². The molecular formula is C11H11FIN5O2. The summed E-state index contributed by atoms with van der Waals surface area (Å²) >= 11 is 1.71. The Hall–Kier alpha value is -1.91. The third kappa shape index (κ3) is 2.81. The van der Waals surface area contributed by atoms with E-state index >= 15 is 0 Å². The number of anilines is 2. The lowest BCUT2D eigenvalue weighted by molar-refractivity contribution is -0.384. The van der Waals surface area contributed by atoms with E-state index in [4.69, 9.17) is 5.73 Å². The highest BCUT2D eigenvalue weighted by atomic mass is 127. The zero-order chi connectivity index (χ0) is 14.9. The molecule has 2 aromatic rings. The van der Waals surface area contributed by atoms with Crippen LogP contribution >= 0.6 is 22.6 Å². The summed E-state index contributed by atoms with van der Waals surface area (Å²) in [4.78, 5) is 10.4. The van der Waals surface area contributed by atoms with E-state index in [-0.39, 0.29) is 21.5 Å². The molecule has 0 saturated carbocycles. The monoisotopic (exact) mass is 391 g/mol. The fraction of sp³-hybridized carbons (Fsp3) is 0.182.